The molecule has 0 fully saturated rings. The number of aliphatic hydroxyl groups is 1. The van der Waals surface area contributed by atoms with Crippen LogP contribution in [0, 0.1) is 5.82 Å². The standard InChI is InChI=1S/C13H16F4N2O3/c1-8(6-20)19(2)12(21)18-10-5-9(14)3-4-11(10)22-7-13(15,16)17/h3-5,8,20H,6-7H2,1-2H3,(H,18,21). The Hall–Kier alpha value is -2.03. The van der Waals surface area contributed by atoms with Crippen molar-refractivity contribution in [3.63, 3.8) is 0 Å². The van der Waals surface area contributed by atoms with Gasteiger partial charge in [-0.2, -0.15) is 13.2 Å². The molecule has 0 aliphatic rings. The second-order valence-electron chi connectivity index (χ2n) is 4.62. The summed E-state index contributed by atoms with van der Waals surface area (Å²) in [7, 11) is 1.38. The molecule has 1 aromatic carbocycles. The van der Waals surface area contributed by atoms with Crippen LogP contribution in [0.4, 0.5) is 28.0 Å². The quantitative estimate of drug-likeness (QED) is 0.819. The van der Waals surface area contributed by atoms with E-state index in [-0.39, 0.29) is 18.0 Å². The summed E-state index contributed by atoms with van der Waals surface area (Å²) in [6, 6.07) is 1.52. The van der Waals surface area contributed by atoms with E-state index in [0.29, 0.717) is 0 Å². The van der Waals surface area contributed by atoms with Crippen LogP contribution in [0.1, 0.15) is 6.92 Å². The Morgan fingerprint density at radius 3 is 2.64 bits per heavy atom. The molecule has 2 amide bonds. The highest BCUT2D eigenvalue weighted by molar-refractivity contribution is 5.91. The van der Waals surface area contributed by atoms with Crippen LogP contribution in [-0.4, -0.2) is 48.5 Å². The van der Waals surface area contributed by atoms with Crippen molar-refractivity contribution < 1.29 is 32.2 Å². The van der Waals surface area contributed by atoms with Crippen molar-refractivity contribution in [1.29, 1.82) is 0 Å². The van der Waals surface area contributed by atoms with Crippen molar-refractivity contribution in [3.8, 4) is 5.75 Å². The number of nitrogens with one attached hydrogen (secondary N) is 1. The molecule has 0 spiro atoms. The monoisotopic (exact) mass is 324 g/mol. The minimum absolute atomic E-state index is 0.230. The summed E-state index contributed by atoms with van der Waals surface area (Å²) in [4.78, 5) is 13.0. The third kappa shape index (κ3) is 5.40. The van der Waals surface area contributed by atoms with Crippen LogP contribution >= 0.6 is 0 Å². The summed E-state index contributed by atoms with van der Waals surface area (Å²) in [6.07, 6.45) is -4.56. The van der Waals surface area contributed by atoms with Crippen LogP contribution in [0.25, 0.3) is 0 Å². The Labute approximate surface area is 124 Å². The van der Waals surface area contributed by atoms with Gasteiger partial charge in [-0.3, -0.25) is 0 Å². The lowest BCUT2D eigenvalue weighted by Gasteiger charge is -2.24. The number of nitrogens with zero attached hydrogens (tertiary/aromatic N) is 1. The molecule has 0 aliphatic carbocycles. The number of halogens is 4. The fourth-order valence-electron chi connectivity index (χ4n) is 1.41. The van der Waals surface area contributed by atoms with Gasteiger partial charge in [0.15, 0.2) is 6.61 Å². The first-order valence-corrected chi connectivity index (χ1v) is 6.28. The number of hydrogen-bond donors (Lipinski definition) is 2. The third-order valence-electron chi connectivity index (χ3n) is 2.82. The molecular formula is C13H16F4N2O3. The predicted molar refractivity (Wildman–Crippen MR) is 71.3 cm³/mol. The number of hydrogen-bond acceptors (Lipinski definition) is 3. The number of aliphatic hydroxyl groups excluding tert-OH is 1. The Balaban J connectivity index is 2.88. The molecular weight excluding hydrogens is 308 g/mol. The van der Waals surface area contributed by atoms with Gasteiger partial charge in [-0.15, -0.1) is 0 Å². The van der Waals surface area contributed by atoms with Gasteiger partial charge in [0.2, 0.25) is 0 Å². The number of anilines is 1. The lowest BCUT2D eigenvalue weighted by atomic mass is 10.2. The molecule has 1 unspecified atom stereocenters. The second kappa shape index (κ2) is 7.30. The Kier molecular flexibility index (Phi) is 5.98. The molecule has 0 aromatic heterocycles. The smallest absolute Gasteiger partial charge is 0.422 e. The van der Waals surface area contributed by atoms with Crippen molar-refractivity contribution in [3.05, 3.63) is 24.0 Å². The van der Waals surface area contributed by atoms with Crippen molar-refractivity contribution in [2.75, 3.05) is 25.6 Å². The van der Waals surface area contributed by atoms with E-state index in [1.165, 1.54) is 7.05 Å². The van der Waals surface area contributed by atoms with Crippen molar-refractivity contribution in [2.24, 2.45) is 0 Å². The molecule has 0 radical (unpaired) electrons. The molecule has 0 saturated carbocycles. The average Bonchev–Trinajstić information content (AvgIpc) is 2.43. The van der Waals surface area contributed by atoms with Gasteiger partial charge in [-0.05, 0) is 19.1 Å². The van der Waals surface area contributed by atoms with E-state index < -0.39 is 30.7 Å². The molecule has 1 aromatic rings. The second-order valence-corrected chi connectivity index (χ2v) is 4.62. The lowest BCUT2D eigenvalue weighted by molar-refractivity contribution is -0.153. The average molecular weight is 324 g/mol. The first-order valence-electron chi connectivity index (χ1n) is 6.28. The third-order valence-corrected chi connectivity index (χ3v) is 2.82. The van der Waals surface area contributed by atoms with E-state index in [0.717, 1.165) is 23.1 Å². The molecule has 0 heterocycles. The van der Waals surface area contributed by atoms with Gasteiger partial charge < -0.3 is 20.1 Å². The van der Waals surface area contributed by atoms with Gasteiger partial charge >= 0.3 is 12.2 Å². The largest absolute Gasteiger partial charge is 0.482 e. The Morgan fingerprint density at radius 1 is 1.45 bits per heavy atom. The van der Waals surface area contributed by atoms with E-state index in [4.69, 9.17) is 5.11 Å². The summed E-state index contributed by atoms with van der Waals surface area (Å²) >= 11 is 0. The summed E-state index contributed by atoms with van der Waals surface area (Å²) < 4.78 is 54.3. The van der Waals surface area contributed by atoms with Gasteiger partial charge in [0.05, 0.1) is 18.3 Å². The highest BCUT2D eigenvalue weighted by Crippen LogP contribution is 2.27. The lowest BCUT2D eigenvalue weighted by Crippen LogP contribution is -2.40. The molecule has 1 atom stereocenters. The number of ether oxygens (including phenoxy) is 1. The summed E-state index contributed by atoms with van der Waals surface area (Å²) in [5, 5.41) is 11.2. The number of urea groups is 1. The predicted octanol–water partition coefficient (Wildman–Crippen LogP) is 2.61. The fourth-order valence-corrected chi connectivity index (χ4v) is 1.41. The van der Waals surface area contributed by atoms with Crippen LogP contribution in [0.5, 0.6) is 5.75 Å². The number of carbonyl (C=O) groups excluding carboxylic acids is 1. The van der Waals surface area contributed by atoms with Gasteiger partial charge in [-0.1, -0.05) is 0 Å². The first-order chi connectivity index (χ1) is 10.1. The highest BCUT2D eigenvalue weighted by Gasteiger charge is 2.29. The minimum Gasteiger partial charge on any atom is -0.482 e. The minimum atomic E-state index is -4.56. The Bertz CT molecular complexity index is 522. The highest BCUT2D eigenvalue weighted by atomic mass is 19.4. The molecule has 1 rings (SSSR count). The topological polar surface area (TPSA) is 61.8 Å². The molecule has 124 valence electrons. The van der Waals surface area contributed by atoms with E-state index in [1.54, 1.807) is 6.92 Å². The maximum atomic E-state index is 13.2. The van der Waals surface area contributed by atoms with Crippen LogP contribution in [0.15, 0.2) is 18.2 Å². The normalized spacial score (nSPS) is 12.7. The number of amides is 2. The number of rotatable bonds is 5. The van der Waals surface area contributed by atoms with Crippen LogP contribution in [0.3, 0.4) is 0 Å². The van der Waals surface area contributed by atoms with Crippen molar-refractivity contribution in [1.82, 2.24) is 4.90 Å². The van der Waals surface area contributed by atoms with Crippen molar-refractivity contribution >= 4 is 11.7 Å². The Morgan fingerprint density at radius 2 is 2.09 bits per heavy atom. The number of alkyl halides is 3. The zero-order chi connectivity index (χ0) is 16.9. The first kappa shape index (κ1) is 18.0. The van der Waals surface area contributed by atoms with Crippen molar-refractivity contribution in [2.45, 2.75) is 19.1 Å². The number of carbonyl (C=O) groups is 1. The van der Waals surface area contributed by atoms with E-state index in [1.807, 2.05) is 0 Å². The zero-order valence-electron chi connectivity index (χ0n) is 11.9. The van der Waals surface area contributed by atoms with Crippen LogP contribution < -0.4 is 10.1 Å². The molecule has 5 nitrogen and oxygen atoms in total. The van der Waals surface area contributed by atoms with Crippen LogP contribution in [-0.2, 0) is 0 Å². The molecule has 9 heteroatoms. The SMILES string of the molecule is CC(CO)N(C)C(=O)Nc1cc(F)ccc1OCC(F)(F)F. The molecule has 2 N–H and O–H groups in total. The van der Waals surface area contributed by atoms with Crippen LogP contribution in [0.2, 0.25) is 0 Å². The fraction of sp³-hybridized carbons (Fsp3) is 0.462. The molecule has 22 heavy (non-hydrogen) atoms. The summed E-state index contributed by atoms with van der Waals surface area (Å²) in [5.74, 6) is -1.05. The maximum Gasteiger partial charge on any atom is 0.422 e. The van der Waals surface area contributed by atoms with Gasteiger partial charge in [0, 0.05) is 13.1 Å². The van der Waals surface area contributed by atoms with Gasteiger partial charge in [0.1, 0.15) is 11.6 Å². The summed E-state index contributed by atoms with van der Waals surface area (Å²) in [5.41, 5.74) is -0.230. The van der Waals surface area contributed by atoms with Gasteiger partial charge in [0.25, 0.3) is 0 Å². The number of likely N-dealkylation sites (N-methyl/N-ethyl adjacent to an activating group) is 1. The van der Waals surface area contributed by atoms with E-state index >= 15 is 0 Å². The number of benzene rings is 1. The van der Waals surface area contributed by atoms with Gasteiger partial charge in [-0.25, -0.2) is 9.18 Å². The zero-order valence-corrected chi connectivity index (χ0v) is 11.9. The molecule has 0 aliphatic heterocycles. The summed E-state index contributed by atoms with van der Waals surface area (Å²) in [6.45, 7) is -0.304. The molecule has 0 bridgehead atoms. The maximum absolute atomic E-state index is 13.2. The molecule has 0 saturated heterocycles. The van der Waals surface area contributed by atoms with E-state index in [9.17, 15) is 22.4 Å². The van der Waals surface area contributed by atoms with E-state index in [2.05, 4.69) is 10.1 Å².